The number of nitrogens with zero attached hydrogens (tertiary/aromatic N) is 1. The number of nitrogens with one attached hydrogen (secondary N) is 1. The van der Waals surface area contributed by atoms with E-state index in [2.05, 4.69) is 24.4 Å². The Bertz CT molecular complexity index is 1250. The lowest BCUT2D eigenvalue weighted by Crippen LogP contribution is -2.46. The lowest BCUT2D eigenvalue weighted by Gasteiger charge is -2.25. The Balaban J connectivity index is 1.45. The highest BCUT2D eigenvalue weighted by Crippen LogP contribution is 2.20. The summed E-state index contributed by atoms with van der Waals surface area (Å²) in [6.07, 6.45) is -0.191. The molecule has 200 valence electrons. The van der Waals surface area contributed by atoms with Crippen molar-refractivity contribution in [1.82, 2.24) is 5.32 Å². The van der Waals surface area contributed by atoms with Crippen LogP contribution in [0.5, 0.6) is 0 Å². The summed E-state index contributed by atoms with van der Waals surface area (Å²) < 4.78 is 38.2. The Hall–Kier alpha value is -3.82. The van der Waals surface area contributed by atoms with E-state index in [0.29, 0.717) is 30.9 Å². The molecule has 0 radical (unpaired) electrons. The highest BCUT2D eigenvalue weighted by atomic mass is 19.1. The van der Waals surface area contributed by atoms with Crippen LogP contribution in [0.25, 0.3) is 0 Å². The van der Waals surface area contributed by atoms with Gasteiger partial charge in [0.25, 0.3) is 0 Å². The minimum atomic E-state index is -0.781. The molecule has 9 heteroatoms. The standard InChI is InChI=1S/C29H31F2N3O4/c1-2-19-4-3-5-20(12-19)17-33-18-27(26(32)15-21-13-23(30)16-24(31)14-21)38-28(35)22-6-8-25(9-7-22)34-10-11-37-29(34)36/h3-9,12-14,16,26-27,33H,2,10-11,15,17-18,32H2,1H3. The van der Waals surface area contributed by atoms with Crippen LogP contribution < -0.4 is 16.0 Å². The van der Waals surface area contributed by atoms with Crippen molar-refractivity contribution in [3.8, 4) is 0 Å². The Morgan fingerprint density at radius 2 is 1.76 bits per heavy atom. The van der Waals surface area contributed by atoms with Gasteiger partial charge in [-0.25, -0.2) is 18.4 Å². The predicted molar refractivity (Wildman–Crippen MR) is 140 cm³/mol. The number of carbonyl (C=O) groups excluding carboxylic acids is 2. The van der Waals surface area contributed by atoms with Crippen molar-refractivity contribution >= 4 is 17.7 Å². The number of esters is 1. The molecule has 0 aromatic heterocycles. The van der Waals surface area contributed by atoms with Gasteiger partial charge >= 0.3 is 12.1 Å². The predicted octanol–water partition coefficient (Wildman–Crippen LogP) is 4.37. The Morgan fingerprint density at radius 3 is 2.42 bits per heavy atom. The number of anilines is 1. The van der Waals surface area contributed by atoms with Gasteiger partial charge in [-0.1, -0.05) is 31.2 Å². The van der Waals surface area contributed by atoms with Crippen molar-refractivity contribution in [2.24, 2.45) is 5.73 Å². The van der Waals surface area contributed by atoms with E-state index in [1.165, 1.54) is 22.6 Å². The largest absolute Gasteiger partial charge is 0.456 e. The van der Waals surface area contributed by atoms with Crippen LogP contribution in [0.3, 0.4) is 0 Å². The van der Waals surface area contributed by atoms with Crippen LogP contribution in [0.15, 0.2) is 66.7 Å². The molecule has 1 aliphatic heterocycles. The zero-order valence-electron chi connectivity index (χ0n) is 21.2. The first kappa shape index (κ1) is 27.2. The van der Waals surface area contributed by atoms with Crippen molar-refractivity contribution in [1.29, 1.82) is 0 Å². The second-order valence-corrected chi connectivity index (χ2v) is 9.21. The molecule has 38 heavy (non-hydrogen) atoms. The van der Waals surface area contributed by atoms with E-state index in [0.717, 1.165) is 18.1 Å². The van der Waals surface area contributed by atoms with Gasteiger partial charge in [0.1, 0.15) is 24.3 Å². The number of cyclic esters (lactones) is 1. The lowest BCUT2D eigenvalue weighted by atomic mass is 10.0. The maximum Gasteiger partial charge on any atom is 0.414 e. The van der Waals surface area contributed by atoms with Crippen LogP contribution in [0.4, 0.5) is 19.3 Å². The van der Waals surface area contributed by atoms with Gasteiger partial charge < -0.3 is 20.5 Å². The monoisotopic (exact) mass is 523 g/mol. The van der Waals surface area contributed by atoms with Crippen molar-refractivity contribution in [2.45, 2.75) is 38.5 Å². The molecule has 3 N–H and O–H groups in total. The Morgan fingerprint density at radius 1 is 1.05 bits per heavy atom. The van der Waals surface area contributed by atoms with Gasteiger partial charge in [0.15, 0.2) is 0 Å². The van der Waals surface area contributed by atoms with Gasteiger partial charge in [-0.3, -0.25) is 4.90 Å². The van der Waals surface area contributed by atoms with Gasteiger partial charge in [0.05, 0.1) is 12.1 Å². The van der Waals surface area contributed by atoms with Crippen LogP contribution >= 0.6 is 0 Å². The smallest absolute Gasteiger partial charge is 0.414 e. The molecule has 2 unspecified atom stereocenters. The van der Waals surface area contributed by atoms with Crippen molar-refractivity contribution < 1.29 is 27.8 Å². The fraction of sp³-hybridized carbons (Fsp3) is 0.310. The summed E-state index contributed by atoms with van der Waals surface area (Å²) in [6.45, 7) is 3.60. The quantitative estimate of drug-likeness (QED) is 0.363. The topological polar surface area (TPSA) is 93.9 Å². The molecule has 1 amide bonds. The Kier molecular flexibility index (Phi) is 9.04. The SMILES string of the molecule is CCc1cccc(CNCC(OC(=O)c2ccc(N3CCOC3=O)cc2)C(N)Cc2cc(F)cc(F)c2)c1. The number of halogens is 2. The van der Waals surface area contributed by atoms with E-state index < -0.39 is 35.8 Å². The summed E-state index contributed by atoms with van der Waals surface area (Å²) in [5, 5.41) is 3.29. The first-order valence-corrected chi connectivity index (χ1v) is 12.6. The number of nitrogens with two attached hydrogens (primary N) is 1. The van der Waals surface area contributed by atoms with Gasteiger partial charge in [0.2, 0.25) is 0 Å². The third-order valence-electron chi connectivity index (χ3n) is 6.38. The number of amides is 1. The minimum absolute atomic E-state index is 0.107. The van der Waals surface area contributed by atoms with Gasteiger partial charge in [-0.05, 0) is 65.9 Å². The van der Waals surface area contributed by atoms with E-state index in [-0.39, 0.29) is 18.5 Å². The summed E-state index contributed by atoms with van der Waals surface area (Å²) in [4.78, 5) is 26.3. The molecule has 0 spiro atoms. The first-order chi connectivity index (χ1) is 18.3. The molecule has 7 nitrogen and oxygen atoms in total. The number of hydrogen-bond donors (Lipinski definition) is 2. The van der Waals surface area contributed by atoms with Crippen molar-refractivity contribution in [3.05, 3.63) is 101 Å². The first-order valence-electron chi connectivity index (χ1n) is 12.6. The number of benzene rings is 3. The number of hydrogen-bond acceptors (Lipinski definition) is 6. The summed E-state index contributed by atoms with van der Waals surface area (Å²) in [7, 11) is 0. The highest BCUT2D eigenvalue weighted by Gasteiger charge is 2.26. The van der Waals surface area contributed by atoms with Crippen LogP contribution in [0.2, 0.25) is 0 Å². The summed E-state index contributed by atoms with van der Waals surface area (Å²) in [5.41, 5.74) is 9.95. The molecule has 1 aliphatic rings. The minimum Gasteiger partial charge on any atom is -0.456 e. The molecule has 0 aliphatic carbocycles. The van der Waals surface area contributed by atoms with Gasteiger partial charge in [0, 0.05) is 30.9 Å². The lowest BCUT2D eigenvalue weighted by molar-refractivity contribution is 0.0238. The summed E-state index contributed by atoms with van der Waals surface area (Å²) in [6, 6.07) is 17.1. The number of carbonyl (C=O) groups is 2. The molecular formula is C29H31F2N3O4. The summed E-state index contributed by atoms with van der Waals surface area (Å²) in [5.74, 6) is -1.99. The van der Waals surface area contributed by atoms with Gasteiger partial charge in [-0.15, -0.1) is 0 Å². The molecule has 3 aromatic rings. The molecule has 2 atom stereocenters. The molecule has 1 fully saturated rings. The van der Waals surface area contributed by atoms with Crippen molar-refractivity contribution in [3.63, 3.8) is 0 Å². The molecule has 1 saturated heterocycles. The fourth-order valence-corrected chi connectivity index (χ4v) is 4.34. The number of aryl methyl sites for hydroxylation is 1. The van der Waals surface area contributed by atoms with Crippen LogP contribution in [-0.2, 0) is 28.9 Å². The molecule has 3 aromatic carbocycles. The van der Waals surface area contributed by atoms with Crippen LogP contribution in [0.1, 0.15) is 34.0 Å². The second kappa shape index (κ2) is 12.6. The van der Waals surface area contributed by atoms with Crippen LogP contribution in [0, 0.1) is 11.6 Å². The maximum atomic E-state index is 13.7. The molecule has 0 saturated carbocycles. The number of rotatable bonds is 11. The summed E-state index contributed by atoms with van der Waals surface area (Å²) >= 11 is 0. The molecular weight excluding hydrogens is 492 g/mol. The zero-order chi connectivity index (χ0) is 27.1. The van der Waals surface area contributed by atoms with E-state index in [1.807, 2.05) is 12.1 Å². The maximum absolute atomic E-state index is 13.7. The Labute approximate surface area is 220 Å². The highest BCUT2D eigenvalue weighted by molar-refractivity contribution is 5.92. The zero-order valence-corrected chi connectivity index (χ0v) is 21.2. The van der Waals surface area contributed by atoms with E-state index >= 15 is 0 Å². The van der Waals surface area contributed by atoms with Crippen molar-refractivity contribution in [2.75, 3.05) is 24.6 Å². The van der Waals surface area contributed by atoms with E-state index in [9.17, 15) is 18.4 Å². The number of ether oxygens (including phenoxy) is 2. The van der Waals surface area contributed by atoms with E-state index in [1.54, 1.807) is 24.3 Å². The second-order valence-electron chi connectivity index (χ2n) is 9.21. The van der Waals surface area contributed by atoms with Crippen LogP contribution in [-0.4, -0.2) is 43.9 Å². The molecule has 1 heterocycles. The average Bonchev–Trinajstić information content (AvgIpc) is 3.33. The van der Waals surface area contributed by atoms with Gasteiger partial charge in [-0.2, -0.15) is 0 Å². The average molecular weight is 524 g/mol. The fourth-order valence-electron chi connectivity index (χ4n) is 4.34. The normalized spacial score (nSPS) is 14.7. The molecule has 0 bridgehead atoms. The third kappa shape index (κ3) is 7.14. The third-order valence-corrected chi connectivity index (χ3v) is 6.38. The van der Waals surface area contributed by atoms with E-state index in [4.69, 9.17) is 15.2 Å². The molecule has 4 rings (SSSR count).